The van der Waals surface area contributed by atoms with Crippen LogP contribution in [0.15, 0.2) is 96.6 Å². The van der Waals surface area contributed by atoms with Crippen molar-refractivity contribution >= 4 is 52.6 Å². The van der Waals surface area contributed by atoms with Gasteiger partial charge in [-0.3, -0.25) is 24.2 Å². The molecule has 5 rings (SSSR count). The summed E-state index contributed by atoms with van der Waals surface area (Å²) < 4.78 is 7.15. The van der Waals surface area contributed by atoms with Gasteiger partial charge in [-0.25, -0.2) is 0 Å². The Balaban J connectivity index is 1.59. The summed E-state index contributed by atoms with van der Waals surface area (Å²) in [6.07, 6.45) is 1.63. The van der Waals surface area contributed by atoms with Gasteiger partial charge in [-0.05, 0) is 92.3 Å². The molecule has 39 heavy (non-hydrogen) atoms. The second-order valence-corrected chi connectivity index (χ2v) is 9.41. The van der Waals surface area contributed by atoms with Gasteiger partial charge >= 0.3 is 5.97 Å². The van der Waals surface area contributed by atoms with Gasteiger partial charge in [0, 0.05) is 24.0 Å². The highest BCUT2D eigenvalue weighted by atomic mass is 32.1. The Morgan fingerprint density at radius 2 is 1.28 bits per heavy atom. The number of esters is 1. The first-order valence-corrected chi connectivity index (χ1v) is 12.7. The first-order chi connectivity index (χ1) is 18.8. The van der Waals surface area contributed by atoms with E-state index in [4.69, 9.17) is 17.0 Å². The number of para-hydroxylation sites is 2. The highest BCUT2D eigenvalue weighted by Crippen LogP contribution is 2.31. The summed E-state index contributed by atoms with van der Waals surface area (Å²) in [5.74, 6) is -0.911. The fourth-order valence-corrected chi connectivity index (χ4v) is 5.03. The minimum absolute atomic E-state index is 0.00163. The van der Waals surface area contributed by atoms with Gasteiger partial charge in [0.25, 0.3) is 11.8 Å². The molecular formula is C31H25N3O4S. The summed E-state index contributed by atoms with van der Waals surface area (Å²) in [5, 5.41) is 0.0953. The zero-order valence-electron chi connectivity index (χ0n) is 21.6. The summed E-state index contributed by atoms with van der Waals surface area (Å²) >= 11 is 5.68. The van der Waals surface area contributed by atoms with Crippen LogP contribution in [0.1, 0.15) is 23.9 Å². The molecule has 4 aromatic rings. The van der Waals surface area contributed by atoms with Gasteiger partial charge in [0.15, 0.2) is 5.11 Å². The number of aromatic nitrogens is 1. The van der Waals surface area contributed by atoms with E-state index >= 15 is 0 Å². The van der Waals surface area contributed by atoms with Crippen molar-refractivity contribution in [3.05, 3.63) is 114 Å². The van der Waals surface area contributed by atoms with Crippen molar-refractivity contribution in [1.29, 1.82) is 0 Å². The number of amides is 2. The molecule has 1 aromatic heterocycles. The normalized spacial score (nSPS) is 13.6. The molecule has 0 radical (unpaired) electrons. The fourth-order valence-electron chi connectivity index (χ4n) is 4.65. The Hall–Kier alpha value is -4.82. The van der Waals surface area contributed by atoms with E-state index in [1.165, 1.54) is 16.7 Å². The third kappa shape index (κ3) is 4.89. The molecule has 194 valence electrons. The summed E-state index contributed by atoms with van der Waals surface area (Å²) in [6, 6.07) is 27.2. The molecule has 1 saturated heterocycles. The Morgan fingerprint density at radius 1 is 0.769 bits per heavy atom. The molecule has 0 aliphatic carbocycles. The second kappa shape index (κ2) is 10.5. The van der Waals surface area contributed by atoms with Crippen molar-refractivity contribution in [2.75, 3.05) is 9.80 Å². The van der Waals surface area contributed by atoms with Crippen molar-refractivity contribution in [1.82, 2.24) is 4.57 Å². The summed E-state index contributed by atoms with van der Waals surface area (Å²) in [6.45, 7) is 5.22. The van der Waals surface area contributed by atoms with Crippen LogP contribution >= 0.6 is 12.2 Å². The number of hydrogen-bond acceptors (Lipinski definition) is 5. The van der Waals surface area contributed by atoms with Crippen LogP contribution in [0.3, 0.4) is 0 Å². The molecule has 0 N–H and O–H groups in total. The van der Waals surface area contributed by atoms with E-state index in [1.54, 1.807) is 42.5 Å². The van der Waals surface area contributed by atoms with Crippen LogP contribution < -0.4 is 14.5 Å². The summed E-state index contributed by atoms with van der Waals surface area (Å²) in [5.41, 5.74) is 4.47. The molecule has 8 heteroatoms. The van der Waals surface area contributed by atoms with E-state index in [2.05, 4.69) is 0 Å². The van der Waals surface area contributed by atoms with Crippen LogP contribution in [-0.4, -0.2) is 27.5 Å². The van der Waals surface area contributed by atoms with E-state index in [0.717, 1.165) is 22.6 Å². The molecule has 0 bridgehead atoms. The van der Waals surface area contributed by atoms with Gasteiger partial charge in [-0.2, -0.15) is 0 Å². The molecule has 0 unspecified atom stereocenters. The quantitative estimate of drug-likeness (QED) is 0.107. The Kier molecular flexibility index (Phi) is 6.96. The molecule has 0 saturated carbocycles. The lowest BCUT2D eigenvalue weighted by atomic mass is 10.1. The van der Waals surface area contributed by atoms with Crippen molar-refractivity contribution in [2.45, 2.75) is 20.8 Å². The van der Waals surface area contributed by atoms with Gasteiger partial charge in [-0.15, -0.1) is 0 Å². The molecule has 2 heterocycles. The lowest BCUT2D eigenvalue weighted by Crippen LogP contribution is -2.56. The Bertz CT molecular complexity index is 1560. The average Bonchev–Trinajstić information content (AvgIpc) is 3.20. The lowest BCUT2D eigenvalue weighted by Gasteiger charge is -2.36. The number of nitrogens with zero attached hydrogens (tertiary/aromatic N) is 3. The first kappa shape index (κ1) is 25.8. The smallest absolute Gasteiger partial charge is 0.308 e. The second-order valence-electron chi connectivity index (χ2n) is 9.04. The number of thiocarbonyl (C=S) groups is 1. The van der Waals surface area contributed by atoms with E-state index in [1.807, 2.05) is 73.0 Å². The molecule has 2 amide bonds. The molecule has 1 aliphatic heterocycles. The Labute approximate surface area is 231 Å². The number of aryl methyl sites for hydroxylation is 1. The largest absolute Gasteiger partial charge is 0.427 e. The standard InChI is InChI=1S/C31H25N3O4S/c1-20-18-23(21(2)32(20)26-14-16-27(17-15-26)38-22(3)35)19-28-29(36)33(24-10-6-4-7-11-24)31(39)34(30(28)37)25-12-8-5-9-13-25/h4-19H,1-3H3. The zero-order valence-corrected chi connectivity index (χ0v) is 22.4. The Morgan fingerprint density at radius 3 is 1.77 bits per heavy atom. The minimum Gasteiger partial charge on any atom is -0.427 e. The van der Waals surface area contributed by atoms with E-state index < -0.39 is 11.8 Å². The molecule has 1 aliphatic rings. The van der Waals surface area contributed by atoms with Crippen molar-refractivity contribution < 1.29 is 19.1 Å². The number of anilines is 2. The lowest BCUT2D eigenvalue weighted by molar-refractivity contribution is -0.132. The first-order valence-electron chi connectivity index (χ1n) is 12.3. The number of carbonyl (C=O) groups excluding carboxylic acids is 3. The predicted molar refractivity (Wildman–Crippen MR) is 155 cm³/mol. The van der Waals surface area contributed by atoms with Gasteiger partial charge < -0.3 is 9.30 Å². The van der Waals surface area contributed by atoms with Crippen LogP contribution in [0.4, 0.5) is 11.4 Å². The fraction of sp³-hybridized carbons (Fsp3) is 0.0968. The minimum atomic E-state index is -0.487. The van der Waals surface area contributed by atoms with Gasteiger partial charge in [0.1, 0.15) is 11.3 Å². The third-order valence-corrected chi connectivity index (χ3v) is 6.77. The number of ether oxygens (including phenoxy) is 1. The maximum atomic E-state index is 13.8. The van der Waals surface area contributed by atoms with Crippen LogP contribution in [-0.2, 0) is 14.4 Å². The molecule has 1 fully saturated rings. The molecular weight excluding hydrogens is 510 g/mol. The van der Waals surface area contributed by atoms with Gasteiger partial charge in [-0.1, -0.05) is 36.4 Å². The molecule has 0 atom stereocenters. The predicted octanol–water partition coefficient (Wildman–Crippen LogP) is 5.77. The third-order valence-electron chi connectivity index (χ3n) is 6.40. The van der Waals surface area contributed by atoms with E-state index in [9.17, 15) is 14.4 Å². The maximum absolute atomic E-state index is 13.8. The van der Waals surface area contributed by atoms with Crippen molar-refractivity contribution in [3.63, 3.8) is 0 Å². The highest BCUT2D eigenvalue weighted by Gasteiger charge is 2.41. The molecule has 7 nitrogen and oxygen atoms in total. The topological polar surface area (TPSA) is 71.8 Å². The highest BCUT2D eigenvalue weighted by molar-refractivity contribution is 7.81. The van der Waals surface area contributed by atoms with Crippen LogP contribution in [0.25, 0.3) is 11.8 Å². The van der Waals surface area contributed by atoms with E-state index in [-0.39, 0.29) is 16.7 Å². The zero-order chi connectivity index (χ0) is 27.7. The van der Waals surface area contributed by atoms with Crippen LogP contribution in [0, 0.1) is 13.8 Å². The molecule has 0 spiro atoms. The van der Waals surface area contributed by atoms with Gasteiger partial charge in [0.05, 0.1) is 11.4 Å². The average molecular weight is 536 g/mol. The molecule has 3 aromatic carbocycles. The summed E-state index contributed by atoms with van der Waals surface area (Å²) in [7, 11) is 0. The van der Waals surface area contributed by atoms with E-state index in [0.29, 0.717) is 17.1 Å². The summed E-state index contributed by atoms with van der Waals surface area (Å²) in [4.78, 5) is 41.7. The van der Waals surface area contributed by atoms with Crippen molar-refractivity contribution in [2.24, 2.45) is 0 Å². The van der Waals surface area contributed by atoms with Crippen LogP contribution in [0.5, 0.6) is 5.75 Å². The SMILES string of the molecule is CC(=O)Oc1ccc(-n2c(C)cc(C=C3C(=O)N(c4ccccc4)C(=S)N(c4ccccc4)C3=O)c2C)cc1. The number of carbonyl (C=O) groups is 3. The number of hydrogen-bond donors (Lipinski definition) is 0. The number of rotatable bonds is 5. The van der Waals surface area contributed by atoms with Gasteiger partial charge in [0.2, 0.25) is 0 Å². The van der Waals surface area contributed by atoms with Crippen molar-refractivity contribution in [3.8, 4) is 11.4 Å². The van der Waals surface area contributed by atoms with Crippen LogP contribution in [0.2, 0.25) is 0 Å². The monoisotopic (exact) mass is 535 g/mol. The maximum Gasteiger partial charge on any atom is 0.308 e. The number of benzene rings is 3.